The van der Waals surface area contributed by atoms with Gasteiger partial charge in [-0.25, -0.2) is 9.97 Å². The van der Waals surface area contributed by atoms with Gasteiger partial charge in [-0.3, -0.25) is 0 Å². The molecule has 1 aliphatic heterocycles. The molecule has 1 fully saturated rings. The minimum atomic E-state index is 0.534. The average Bonchev–Trinajstić information content (AvgIpc) is 2.81. The summed E-state index contributed by atoms with van der Waals surface area (Å²) in [6.07, 6.45) is 1.69. The lowest BCUT2D eigenvalue weighted by Gasteiger charge is -2.38. The summed E-state index contributed by atoms with van der Waals surface area (Å²) >= 11 is 3.73. The first-order valence-corrected chi connectivity index (χ1v) is 7.76. The van der Waals surface area contributed by atoms with E-state index < -0.39 is 0 Å². The summed E-state index contributed by atoms with van der Waals surface area (Å²) in [5.41, 5.74) is 0. The van der Waals surface area contributed by atoms with Gasteiger partial charge in [-0.2, -0.15) is 11.8 Å². The predicted molar refractivity (Wildman–Crippen MR) is 76.1 cm³/mol. The molecule has 3 nitrogen and oxygen atoms in total. The molecule has 0 spiro atoms. The van der Waals surface area contributed by atoms with Crippen LogP contribution in [0.1, 0.15) is 13.8 Å². The Morgan fingerprint density at radius 3 is 3.12 bits per heavy atom. The van der Waals surface area contributed by atoms with Crippen LogP contribution in [0.4, 0.5) is 5.82 Å². The maximum Gasteiger partial charge on any atom is 0.141 e. The summed E-state index contributed by atoms with van der Waals surface area (Å²) in [4.78, 5) is 12.3. The van der Waals surface area contributed by atoms with E-state index in [4.69, 9.17) is 0 Å². The first kappa shape index (κ1) is 11.3. The molecule has 1 aliphatic rings. The molecule has 0 saturated carbocycles. The lowest BCUT2D eigenvalue weighted by Crippen LogP contribution is -2.45. The lowest BCUT2D eigenvalue weighted by molar-refractivity contribution is 0.622. The molecule has 0 amide bonds. The number of nitrogens with zero attached hydrogens (tertiary/aromatic N) is 3. The summed E-state index contributed by atoms with van der Waals surface area (Å²) < 4.78 is 0. The Labute approximate surface area is 109 Å². The zero-order valence-electron chi connectivity index (χ0n) is 9.96. The van der Waals surface area contributed by atoms with Gasteiger partial charge in [0.25, 0.3) is 0 Å². The largest absolute Gasteiger partial charge is 0.351 e. The third kappa shape index (κ3) is 1.91. The summed E-state index contributed by atoms with van der Waals surface area (Å²) in [5.74, 6) is 2.29. The quantitative estimate of drug-likeness (QED) is 0.792. The molecule has 2 aromatic rings. The van der Waals surface area contributed by atoms with Gasteiger partial charge < -0.3 is 4.90 Å². The molecule has 5 heteroatoms. The van der Waals surface area contributed by atoms with Crippen molar-refractivity contribution in [3.63, 3.8) is 0 Å². The second kappa shape index (κ2) is 4.46. The van der Waals surface area contributed by atoms with E-state index in [1.165, 1.54) is 11.1 Å². The second-order valence-electron chi connectivity index (χ2n) is 4.35. The van der Waals surface area contributed by atoms with E-state index in [9.17, 15) is 0 Å². The van der Waals surface area contributed by atoms with Crippen LogP contribution >= 0.6 is 23.1 Å². The highest BCUT2D eigenvalue weighted by Crippen LogP contribution is 2.32. The summed E-state index contributed by atoms with van der Waals surface area (Å²) in [6.45, 7) is 5.67. The van der Waals surface area contributed by atoms with Gasteiger partial charge in [0.15, 0.2) is 0 Å². The predicted octanol–water partition coefficient (Wildman–Crippen LogP) is 3.02. The number of thiophene rings is 1. The fourth-order valence-corrected chi connectivity index (χ4v) is 4.06. The third-order valence-electron chi connectivity index (χ3n) is 3.40. The zero-order valence-corrected chi connectivity index (χ0v) is 11.6. The molecular weight excluding hydrogens is 250 g/mol. The highest BCUT2D eigenvalue weighted by atomic mass is 32.2. The van der Waals surface area contributed by atoms with E-state index in [1.807, 2.05) is 11.8 Å². The molecule has 1 saturated heterocycles. The van der Waals surface area contributed by atoms with Gasteiger partial charge in [0.1, 0.15) is 17.0 Å². The van der Waals surface area contributed by atoms with Crippen molar-refractivity contribution in [3.05, 3.63) is 17.8 Å². The molecule has 0 radical (unpaired) electrons. The number of rotatable bonds is 1. The van der Waals surface area contributed by atoms with Gasteiger partial charge >= 0.3 is 0 Å². The van der Waals surface area contributed by atoms with Crippen LogP contribution in [-0.4, -0.2) is 33.6 Å². The van der Waals surface area contributed by atoms with E-state index in [2.05, 4.69) is 40.2 Å². The summed E-state index contributed by atoms with van der Waals surface area (Å²) in [6, 6.07) is 2.67. The van der Waals surface area contributed by atoms with E-state index in [1.54, 1.807) is 17.7 Å². The Balaban J connectivity index is 2.05. The Morgan fingerprint density at radius 1 is 1.35 bits per heavy atom. The van der Waals surface area contributed by atoms with Crippen LogP contribution in [-0.2, 0) is 0 Å². The van der Waals surface area contributed by atoms with Gasteiger partial charge in [0.05, 0.1) is 5.39 Å². The van der Waals surface area contributed by atoms with Crippen LogP contribution in [0.15, 0.2) is 17.8 Å². The van der Waals surface area contributed by atoms with Crippen molar-refractivity contribution in [2.45, 2.75) is 25.1 Å². The zero-order chi connectivity index (χ0) is 11.8. The van der Waals surface area contributed by atoms with Crippen LogP contribution in [0.2, 0.25) is 0 Å². The molecule has 2 unspecified atom stereocenters. The first-order chi connectivity index (χ1) is 8.27. The lowest BCUT2D eigenvalue weighted by atomic mass is 10.2. The fourth-order valence-electron chi connectivity index (χ4n) is 2.24. The molecular formula is C12H15N3S2. The molecule has 0 bridgehead atoms. The average molecular weight is 265 g/mol. The Kier molecular flexibility index (Phi) is 2.96. The molecule has 0 aromatic carbocycles. The van der Waals surface area contributed by atoms with E-state index >= 15 is 0 Å². The number of hydrogen-bond acceptors (Lipinski definition) is 5. The number of anilines is 1. The second-order valence-corrected chi connectivity index (χ2v) is 6.73. The first-order valence-electron chi connectivity index (χ1n) is 5.84. The van der Waals surface area contributed by atoms with Crippen molar-refractivity contribution in [3.8, 4) is 0 Å². The topological polar surface area (TPSA) is 29.0 Å². The Hall–Kier alpha value is -0.810. The van der Waals surface area contributed by atoms with Crippen LogP contribution in [0.3, 0.4) is 0 Å². The van der Waals surface area contributed by atoms with Crippen molar-refractivity contribution in [2.24, 2.45) is 0 Å². The molecule has 2 atom stereocenters. The molecule has 3 heterocycles. The number of hydrogen-bond donors (Lipinski definition) is 0. The van der Waals surface area contributed by atoms with E-state index in [0.717, 1.165) is 17.2 Å². The maximum atomic E-state index is 4.50. The Bertz CT molecular complexity index is 525. The normalized spacial score (nSPS) is 25.4. The molecule has 0 aliphatic carbocycles. The van der Waals surface area contributed by atoms with Gasteiger partial charge in [-0.05, 0) is 18.4 Å². The van der Waals surface area contributed by atoms with Crippen molar-refractivity contribution in [1.82, 2.24) is 9.97 Å². The minimum absolute atomic E-state index is 0.534. The molecule has 3 rings (SSSR count). The maximum absolute atomic E-state index is 4.50. The SMILES string of the molecule is CC1SCCN(c2ncnc3sccc23)C1C. The summed E-state index contributed by atoms with van der Waals surface area (Å²) in [5, 5.41) is 3.95. The Morgan fingerprint density at radius 2 is 2.24 bits per heavy atom. The van der Waals surface area contributed by atoms with Crippen LogP contribution < -0.4 is 4.90 Å². The molecule has 17 heavy (non-hydrogen) atoms. The van der Waals surface area contributed by atoms with Crippen molar-refractivity contribution in [1.29, 1.82) is 0 Å². The fraction of sp³-hybridized carbons (Fsp3) is 0.500. The highest BCUT2D eigenvalue weighted by molar-refractivity contribution is 8.00. The van der Waals surface area contributed by atoms with E-state index in [0.29, 0.717) is 11.3 Å². The summed E-state index contributed by atoms with van der Waals surface area (Å²) in [7, 11) is 0. The van der Waals surface area contributed by atoms with Crippen LogP contribution in [0.25, 0.3) is 10.2 Å². The van der Waals surface area contributed by atoms with E-state index in [-0.39, 0.29) is 0 Å². The monoisotopic (exact) mass is 265 g/mol. The molecule has 0 N–H and O–H groups in total. The van der Waals surface area contributed by atoms with Gasteiger partial charge in [0.2, 0.25) is 0 Å². The van der Waals surface area contributed by atoms with Crippen LogP contribution in [0.5, 0.6) is 0 Å². The standard InChI is InChI=1S/C12H15N3S2/c1-8-9(2)16-6-4-15(8)11-10-3-5-17-12(10)14-7-13-11/h3,5,7-9H,4,6H2,1-2H3. The molecule has 90 valence electrons. The minimum Gasteiger partial charge on any atom is -0.351 e. The highest BCUT2D eigenvalue weighted by Gasteiger charge is 2.27. The molecule has 2 aromatic heterocycles. The van der Waals surface area contributed by atoms with Gasteiger partial charge in [-0.1, -0.05) is 6.92 Å². The third-order valence-corrected chi connectivity index (χ3v) is 5.56. The number of fused-ring (bicyclic) bond motifs is 1. The smallest absolute Gasteiger partial charge is 0.141 e. The number of aromatic nitrogens is 2. The van der Waals surface area contributed by atoms with Crippen molar-refractivity contribution < 1.29 is 0 Å². The van der Waals surface area contributed by atoms with Gasteiger partial charge in [-0.15, -0.1) is 11.3 Å². The van der Waals surface area contributed by atoms with Crippen LogP contribution in [0, 0.1) is 0 Å². The van der Waals surface area contributed by atoms with Crippen molar-refractivity contribution >= 4 is 39.1 Å². The van der Waals surface area contributed by atoms with Gasteiger partial charge in [0, 0.05) is 23.6 Å². The van der Waals surface area contributed by atoms with Crippen molar-refractivity contribution in [2.75, 3.05) is 17.2 Å². The number of thioether (sulfide) groups is 1.